The molecule has 0 aliphatic heterocycles. The van der Waals surface area contributed by atoms with Crippen LogP contribution in [-0.2, 0) is 26.2 Å². The SMILES string of the molecule is CCS(=O)(=O)Nc1cc(C(=O)NC(CC(C)C)C(O)CC(C)C(=O)NC(C(=O)NCC(C)C)C(C)C)cc(C(=O)N(C)Cc2ccccc2)c1. The van der Waals surface area contributed by atoms with E-state index in [1.807, 2.05) is 71.9 Å². The van der Waals surface area contributed by atoms with Gasteiger partial charge in [-0.05, 0) is 61.3 Å². The van der Waals surface area contributed by atoms with Gasteiger partial charge in [-0.15, -0.1) is 0 Å². The van der Waals surface area contributed by atoms with Crippen molar-refractivity contribution in [3.05, 3.63) is 65.2 Å². The number of sulfonamides is 1. The minimum absolute atomic E-state index is 0.00623. The van der Waals surface area contributed by atoms with Crippen LogP contribution in [0.3, 0.4) is 0 Å². The zero-order chi connectivity index (χ0) is 37.8. The molecule has 0 aliphatic carbocycles. The summed E-state index contributed by atoms with van der Waals surface area (Å²) in [5.41, 5.74) is 1.08. The van der Waals surface area contributed by atoms with Crippen LogP contribution in [0.15, 0.2) is 48.5 Å². The fourth-order valence-corrected chi connectivity index (χ4v) is 5.91. The molecule has 2 aromatic carbocycles. The number of hydrogen-bond donors (Lipinski definition) is 5. The van der Waals surface area contributed by atoms with Crippen molar-refractivity contribution in [1.82, 2.24) is 20.9 Å². The van der Waals surface area contributed by atoms with E-state index < -0.39 is 51.9 Å². The molecule has 0 radical (unpaired) electrons. The standard InChI is InChI=1S/C37H57N5O7S/c1-10-50(48,49)41-30-19-28(18-29(20-30)37(47)42(9)22-27-14-12-11-13-15-27)35(45)39-31(16-23(2)3)32(43)17-26(8)34(44)40-33(25(6)7)36(46)38-21-24(4)5/h11-15,18-20,23-26,31-33,41,43H,10,16-17,21-22H2,1-9H3,(H,38,46)(H,39,45)(H,40,44). The highest BCUT2D eigenvalue weighted by Gasteiger charge is 2.30. The fourth-order valence-electron chi connectivity index (χ4n) is 5.29. The van der Waals surface area contributed by atoms with Crippen LogP contribution in [0.4, 0.5) is 5.69 Å². The van der Waals surface area contributed by atoms with E-state index in [-0.39, 0.29) is 52.6 Å². The molecule has 0 saturated carbocycles. The van der Waals surface area contributed by atoms with Gasteiger partial charge < -0.3 is 26.0 Å². The first-order valence-corrected chi connectivity index (χ1v) is 19.0. The molecular formula is C37H57N5O7S. The maximum atomic E-state index is 13.7. The number of aliphatic hydroxyl groups excluding tert-OH is 1. The quantitative estimate of drug-likeness (QED) is 0.145. The van der Waals surface area contributed by atoms with Crippen LogP contribution in [0.2, 0.25) is 0 Å². The van der Waals surface area contributed by atoms with Gasteiger partial charge in [0.1, 0.15) is 6.04 Å². The van der Waals surface area contributed by atoms with Crippen molar-refractivity contribution in [1.29, 1.82) is 0 Å². The van der Waals surface area contributed by atoms with Gasteiger partial charge in [-0.1, -0.05) is 78.8 Å². The Labute approximate surface area is 298 Å². The van der Waals surface area contributed by atoms with E-state index in [2.05, 4.69) is 20.7 Å². The van der Waals surface area contributed by atoms with E-state index >= 15 is 0 Å². The van der Waals surface area contributed by atoms with Gasteiger partial charge in [0.25, 0.3) is 11.8 Å². The first-order chi connectivity index (χ1) is 23.3. The lowest BCUT2D eigenvalue weighted by Gasteiger charge is -2.29. The number of carbonyl (C=O) groups is 4. The molecule has 0 fully saturated rings. The molecule has 0 heterocycles. The highest BCUT2D eigenvalue weighted by atomic mass is 32.2. The van der Waals surface area contributed by atoms with E-state index in [1.54, 1.807) is 14.0 Å². The van der Waals surface area contributed by atoms with Gasteiger partial charge in [0, 0.05) is 37.2 Å². The monoisotopic (exact) mass is 715 g/mol. The van der Waals surface area contributed by atoms with Crippen molar-refractivity contribution in [3.63, 3.8) is 0 Å². The Morgan fingerprint density at radius 3 is 2.00 bits per heavy atom. The summed E-state index contributed by atoms with van der Waals surface area (Å²) in [7, 11) is -2.12. The average Bonchev–Trinajstić information content (AvgIpc) is 3.04. The highest BCUT2D eigenvalue weighted by molar-refractivity contribution is 7.92. The number of nitrogens with zero attached hydrogens (tertiary/aromatic N) is 1. The summed E-state index contributed by atoms with van der Waals surface area (Å²) in [6.45, 7) is 15.4. The Kier molecular flexibility index (Phi) is 16.4. The van der Waals surface area contributed by atoms with Gasteiger partial charge in [-0.3, -0.25) is 23.9 Å². The number of anilines is 1. The third-order valence-corrected chi connectivity index (χ3v) is 9.49. The Hall–Kier alpha value is -3.97. The zero-order valence-electron chi connectivity index (χ0n) is 30.9. The maximum Gasteiger partial charge on any atom is 0.253 e. The lowest BCUT2D eigenvalue weighted by molar-refractivity contribution is -0.132. The first kappa shape index (κ1) is 42.2. The summed E-state index contributed by atoms with van der Waals surface area (Å²) in [5.74, 6) is -2.46. The van der Waals surface area contributed by atoms with Crippen molar-refractivity contribution in [2.75, 3.05) is 24.1 Å². The molecule has 4 amide bonds. The van der Waals surface area contributed by atoms with Crippen LogP contribution in [0.1, 0.15) is 94.5 Å². The molecule has 13 heteroatoms. The summed E-state index contributed by atoms with van der Waals surface area (Å²) in [6.07, 6.45) is -0.748. The van der Waals surface area contributed by atoms with E-state index in [4.69, 9.17) is 0 Å². The van der Waals surface area contributed by atoms with Crippen molar-refractivity contribution in [2.24, 2.45) is 23.7 Å². The Morgan fingerprint density at radius 1 is 0.820 bits per heavy atom. The molecule has 2 rings (SSSR count). The van der Waals surface area contributed by atoms with Gasteiger partial charge in [-0.2, -0.15) is 0 Å². The molecule has 0 aliphatic rings. The van der Waals surface area contributed by atoms with Gasteiger partial charge in [0.15, 0.2) is 0 Å². The number of carbonyl (C=O) groups excluding carboxylic acids is 4. The molecule has 4 unspecified atom stereocenters. The predicted octanol–water partition coefficient (Wildman–Crippen LogP) is 4.17. The van der Waals surface area contributed by atoms with Crippen LogP contribution in [0, 0.1) is 23.7 Å². The summed E-state index contributed by atoms with van der Waals surface area (Å²) in [5, 5.41) is 19.9. The van der Waals surface area contributed by atoms with E-state index in [0.717, 1.165) is 5.56 Å². The van der Waals surface area contributed by atoms with Gasteiger partial charge in [-0.25, -0.2) is 8.42 Å². The number of amides is 4. The van der Waals surface area contributed by atoms with E-state index in [9.17, 15) is 32.7 Å². The Balaban J connectivity index is 2.30. The minimum atomic E-state index is -3.74. The molecule has 0 aromatic heterocycles. The van der Waals surface area contributed by atoms with E-state index in [1.165, 1.54) is 30.0 Å². The molecule has 0 bridgehead atoms. The van der Waals surface area contributed by atoms with Crippen molar-refractivity contribution < 1.29 is 32.7 Å². The van der Waals surface area contributed by atoms with Crippen LogP contribution in [0.5, 0.6) is 0 Å². The smallest absolute Gasteiger partial charge is 0.253 e. The fraction of sp³-hybridized carbons (Fsp3) is 0.568. The number of nitrogens with one attached hydrogen (secondary N) is 4. The molecule has 12 nitrogen and oxygen atoms in total. The Morgan fingerprint density at radius 2 is 1.44 bits per heavy atom. The topological polar surface area (TPSA) is 174 Å². The molecule has 0 spiro atoms. The molecule has 50 heavy (non-hydrogen) atoms. The zero-order valence-corrected chi connectivity index (χ0v) is 31.8. The van der Waals surface area contributed by atoms with Crippen molar-refractivity contribution in [3.8, 4) is 0 Å². The average molecular weight is 716 g/mol. The second-order valence-corrected chi connectivity index (χ2v) is 16.2. The molecule has 2 aromatic rings. The van der Waals surface area contributed by atoms with E-state index in [0.29, 0.717) is 19.5 Å². The third-order valence-electron chi connectivity index (χ3n) is 8.19. The second-order valence-electron chi connectivity index (χ2n) is 14.2. The second kappa shape index (κ2) is 19.4. The molecule has 4 atom stereocenters. The van der Waals surface area contributed by atoms with Crippen LogP contribution in [0.25, 0.3) is 0 Å². The van der Waals surface area contributed by atoms with Crippen molar-refractivity contribution >= 4 is 39.3 Å². The molecule has 0 saturated heterocycles. The number of hydrogen-bond acceptors (Lipinski definition) is 7. The van der Waals surface area contributed by atoms with Crippen LogP contribution >= 0.6 is 0 Å². The largest absolute Gasteiger partial charge is 0.391 e. The maximum absolute atomic E-state index is 13.7. The number of benzene rings is 2. The molecule has 5 N–H and O–H groups in total. The Bertz CT molecular complexity index is 1550. The third kappa shape index (κ3) is 13.7. The summed E-state index contributed by atoms with van der Waals surface area (Å²) >= 11 is 0. The minimum Gasteiger partial charge on any atom is -0.391 e. The molecule has 278 valence electrons. The number of rotatable bonds is 19. The summed E-state index contributed by atoms with van der Waals surface area (Å²) in [4.78, 5) is 54.7. The highest BCUT2D eigenvalue weighted by Crippen LogP contribution is 2.21. The number of aliphatic hydroxyl groups is 1. The normalized spacial score (nSPS) is 14.1. The lowest BCUT2D eigenvalue weighted by atomic mass is 9.91. The summed E-state index contributed by atoms with van der Waals surface area (Å²) in [6, 6.07) is 12.0. The molecular weight excluding hydrogens is 659 g/mol. The van der Waals surface area contributed by atoms with Gasteiger partial charge in [0.05, 0.1) is 23.6 Å². The lowest BCUT2D eigenvalue weighted by Crippen LogP contribution is -2.52. The van der Waals surface area contributed by atoms with Crippen molar-refractivity contribution in [2.45, 2.75) is 93.0 Å². The first-order valence-electron chi connectivity index (χ1n) is 17.3. The summed E-state index contributed by atoms with van der Waals surface area (Å²) < 4.78 is 27.4. The van der Waals surface area contributed by atoms with Crippen LogP contribution < -0.4 is 20.7 Å². The predicted molar refractivity (Wildman–Crippen MR) is 197 cm³/mol. The van der Waals surface area contributed by atoms with Gasteiger partial charge >= 0.3 is 0 Å². The van der Waals surface area contributed by atoms with Crippen LogP contribution in [-0.4, -0.2) is 79.6 Å². The van der Waals surface area contributed by atoms with Gasteiger partial charge in [0.2, 0.25) is 21.8 Å².